The molecule has 5 nitrogen and oxygen atoms in total. The van der Waals surface area contributed by atoms with Gasteiger partial charge in [0.05, 0.1) is 13.7 Å². The lowest BCUT2D eigenvalue weighted by atomic mass is 10.2. The SMILES string of the molecule is COc1ccccc1Cn1c(=O)[nH][nH]c1=S. The number of nitrogens with one attached hydrogen (secondary N) is 2. The number of hydrogen-bond acceptors (Lipinski definition) is 3. The third-order valence-corrected chi connectivity index (χ3v) is 2.61. The second-order valence-corrected chi connectivity index (χ2v) is 3.64. The third-order valence-electron chi connectivity index (χ3n) is 2.29. The molecule has 1 aromatic heterocycles. The van der Waals surface area contributed by atoms with Gasteiger partial charge in [-0.2, -0.15) is 0 Å². The van der Waals surface area contributed by atoms with Gasteiger partial charge in [-0.15, -0.1) is 0 Å². The number of nitrogens with zero attached hydrogens (tertiary/aromatic N) is 1. The summed E-state index contributed by atoms with van der Waals surface area (Å²) in [6, 6.07) is 7.51. The van der Waals surface area contributed by atoms with Crippen molar-refractivity contribution in [2.75, 3.05) is 7.11 Å². The summed E-state index contributed by atoms with van der Waals surface area (Å²) in [5.41, 5.74) is 0.655. The van der Waals surface area contributed by atoms with Gasteiger partial charge in [-0.1, -0.05) is 18.2 Å². The number of aromatic nitrogens is 3. The number of aromatic amines is 2. The predicted molar refractivity (Wildman–Crippen MR) is 62.3 cm³/mol. The summed E-state index contributed by atoms with van der Waals surface area (Å²) in [6.45, 7) is 0.391. The topological polar surface area (TPSA) is 62.8 Å². The molecule has 0 amide bonds. The monoisotopic (exact) mass is 237 g/mol. The van der Waals surface area contributed by atoms with Gasteiger partial charge in [-0.25, -0.2) is 9.89 Å². The molecule has 0 bridgehead atoms. The molecule has 0 aliphatic heterocycles. The van der Waals surface area contributed by atoms with Crippen molar-refractivity contribution in [1.29, 1.82) is 0 Å². The molecule has 0 fully saturated rings. The van der Waals surface area contributed by atoms with Crippen molar-refractivity contribution in [3.8, 4) is 5.75 Å². The molecule has 0 saturated carbocycles. The molecule has 2 N–H and O–H groups in total. The van der Waals surface area contributed by atoms with E-state index in [2.05, 4.69) is 10.2 Å². The van der Waals surface area contributed by atoms with Gasteiger partial charge in [-0.3, -0.25) is 9.67 Å². The van der Waals surface area contributed by atoms with E-state index in [1.165, 1.54) is 4.57 Å². The maximum atomic E-state index is 11.4. The average molecular weight is 237 g/mol. The average Bonchev–Trinajstić information content (AvgIpc) is 2.61. The number of ether oxygens (including phenoxy) is 1. The van der Waals surface area contributed by atoms with Gasteiger partial charge in [0.15, 0.2) is 4.77 Å². The van der Waals surface area contributed by atoms with E-state index in [0.717, 1.165) is 11.3 Å². The summed E-state index contributed by atoms with van der Waals surface area (Å²) in [4.78, 5) is 11.4. The number of rotatable bonds is 3. The first-order valence-electron chi connectivity index (χ1n) is 4.71. The minimum Gasteiger partial charge on any atom is -0.496 e. The van der Waals surface area contributed by atoms with E-state index < -0.39 is 0 Å². The smallest absolute Gasteiger partial charge is 0.342 e. The largest absolute Gasteiger partial charge is 0.496 e. The van der Waals surface area contributed by atoms with Crippen molar-refractivity contribution in [2.24, 2.45) is 0 Å². The first kappa shape index (κ1) is 10.7. The van der Waals surface area contributed by atoms with Crippen LogP contribution in [0.5, 0.6) is 5.75 Å². The van der Waals surface area contributed by atoms with Gasteiger partial charge in [0.25, 0.3) is 0 Å². The highest BCUT2D eigenvalue weighted by Gasteiger charge is 2.05. The van der Waals surface area contributed by atoms with Crippen LogP contribution in [0.3, 0.4) is 0 Å². The maximum absolute atomic E-state index is 11.4. The Balaban J connectivity index is 2.41. The van der Waals surface area contributed by atoms with Crippen LogP contribution in [-0.2, 0) is 6.54 Å². The highest BCUT2D eigenvalue weighted by Crippen LogP contribution is 2.17. The summed E-state index contributed by atoms with van der Waals surface area (Å²) in [5, 5.41) is 5.03. The van der Waals surface area contributed by atoms with Crippen LogP contribution in [0, 0.1) is 4.77 Å². The molecule has 0 radical (unpaired) electrons. The molecule has 0 spiro atoms. The van der Waals surface area contributed by atoms with Gasteiger partial charge in [0.2, 0.25) is 0 Å². The Morgan fingerprint density at radius 3 is 2.75 bits per heavy atom. The summed E-state index contributed by atoms with van der Waals surface area (Å²) >= 11 is 4.99. The lowest BCUT2D eigenvalue weighted by Gasteiger charge is -2.07. The Kier molecular flexibility index (Phi) is 2.91. The second-order valence-electron chi connectivity index (χ2n) is 3.26. The van der Waals surface area contributed by atoms with E-state index in [-0.39, 0.29) is 5.69 Å². The molecule has 2 aromatic rings. The van der Waals surface area contributed by atoms with Crippen molar-refractivity contribution in [1.82, 2.24) is 14.8 Å². The van der Waals surface area contributed by atoms with E-state index in [1.807, 2.05) is 24.3 Å². The molecule has 16 heavy (non-hydrogen) atoms. The lowest BCUT2D eigenvalue weighted by molar-refractivity contribution is 0.408. The quantitative estimate of drug-likeness (QED) is 0.791. The molecule has 6 heteroatoms. The fourth-order valence-electron chi connectivity index (χ4n) is 1.48. The van der Waals surface area contributed by atoms with E-state index in [9.17, 15) is 4.79 Å². The van der Waals surface area contributed by atoms with Crippen molar-refractivity contribution in [3.05, 3.63) is 45.1 Å². The molecule has 0 aliphatic rings. The Bertz CT molecular complexity index is 569. The van der Waals surface area contributed by atoms with Crippen LogP contribution in [0.4, 0.5) is 0 Å². The first-order chi connectivity index (χ1) is 7.72. The first-order valence-corrected chi connectivity index (χ1v) is 5.12. The molecule has 0 atom stereocenters. The minimum absolute atomic E-state index is 0.254. The van der Waals surface area contributed by atoms with Crippen LogP contribution in [0.15, 0.2) is 29.1 Å². The molecule has 0 saturated heterocycles. The molecule has 0 unspecified atom stereocenters. The van der Waals surface area contributed by atoms with Crippen LogP contribution >= 0.6 is 12.2 Å². The van der Waals surface area contributed by atoms with Crippen LogP contribution in [-0.4, -0.2) is 21.9 Å². The van der Waals surface area contributed by atoms with E-state index in [0.29, 0.717) is 11.3 Å². The molecular formula is C10H11N3O2S. The summed E-state index contributed by atoms with van der Waals surface area (Å²) in [7, 11) is 1.60. The van der Waals surface area contributed by atoms with Gasteiger partial charge in [-0.05, 0) is 18.3 Å². The van der Waals surface area contributed by atoms with Crippen LogP contribution in [0.25, 0.3) is 0 Å². The second kappa shape index (κ2) is 4.36. The summed E-state index contributed by atoms with van der Waals surface area (Å²) < 4.78 is 7.01. The Hall–Kier alpha value is -1.82. The van der Waals surface area contributed by atoms with Crippen molar-refractivity contribution in [3.63, 3.8) is 0 Å². The number of hydrogen-bond donors (Lipinski definition) is 2. The van der Waals surface area contributed by atoms with Gasteiger partial charge < -0.3 is 4.74 Å². The number of H-pyrrole nitrogens is 2. The molecule has 84 valence electrons. The summed E-state index contributed by atoms with van der Waals surface area (Å²) in [5.74, 6) is 0.741. The fourth-order valence-corrected chi connectivity index (χ4v) is 1.68. The lowest BCUT2D eigenvalue weighted by Crippen LogP contribution is -2.17. The Labute approximate surface area is 96.7 Å². The van der Waals surface area contributed by atoms with Crippen LogP contribution in [0.1, 0.15) is 5.56 Å². The van der Waals surface area contributed by atoms with Gasteiger partial charge in [0.1, 0.15) is 5.75 Å². The van der Waals surface area contributed by atoms with Crippen molar-refractivity contribution in [2.45, 2.75) is 6.54 Å². The molecule has 1 heterocycles. The zero-order valence-electron chi connectivity index (χ0n) is 8.69. The van der Waals surface area contributed by atoms with Crippen molar-refractivity contribution >= 4 is 12.2 Å². The predicted octanol–water partition coefficient (Wildman–Crippen LogP) is 1.29. The van der Waals surface area contributed by atoms with Gasteiger partial charge >= 0.3 is 5.69 Å². The van der Waals surface area contributed by atoms with Crippen LogP contribution in [0.2, 0.25) is 0 Å². The maximum Gasteiger partial charge on any atom is 0.342 e. The number of benzene rings is 1. The molecule has 0 aliphatic carbocycles. The highest BCUT2D eigenvalue weighted by atomic mass is 32.1. The third kappa shape index (κ3) is 1.92. The van der Waals surface area contributed by atoms with E-state index >= 15 is 0 Å². The molecular weight excluding hydrogens is 226 g/mol. The fraction of sp³-hybridized carbons (Fsp3) is 0.200. The van der Waals surface area contributed by atoms with E-state index in [1.54, 1.807) is 7.11 Å². The van der Waals surface area contributed by atoms with Crippen molar-refractivity contribution < 1.29 is 4.74 Å². The highest BCUT2D eigenvalue weighted by molar-refractivity contribution is 7.71. The molecule has 1 aromatic carbocycles. The summed E-state index contributed by atoms with van der Waals surface area (Å²) in [6.07, 6.45) is 0. The van der Waals surface area contributed by atoms with Gasteiger partial charge in [0, 0.05) is 5.56 Å². The standard InChI is InChI=1S/C10H11N3O2S/c1-15-8-5-3-2-4-7(8)6-13-9(14)11-12-10(13)16/h2-5H,6H2,1H3,(H,11,14)(H,12,16). The Morgan fingerprint density at radius 2 is 2.12 bits per heavy atom. The minimum atomic E-state index is -0.254. The zero-order chi connectivity index (χ0) is 11.5. The molecule has 2 rings (SSSR count). The van der Waals surface area contributed by atoms with E-state index in [4.69, 9.17) is 17.0 Å². The number of para-hydroxylation sites is 1. The number of methoxy groups -OCH3 is 1. The zero-order valence-corrected chi connectivity index (χ0v) is 9.50. The Morgan fingerprint density at radius 1 is 1.38 bits per heavy atom. The normalized spacial score (nSPS) is 10.3. The van der Waals surface area contributed by atoms with Crippen LogP contribution < -0.4 is 10.4 Å².